The van der Waals surface area contributed by atoms with Crippen LogP contribution in [-0.2, 0) is 4.79 Å². The van der Waals surface area contributed by atoms with Gasteiger partial charge in [-0.05, 0) is 43.7 Å². The molecule has 0 spiro atoms. The number of anilines is 2. The van der Waals surface area contributed by atoms with Crippen LogP contribution >= 0.6 is 11.6 Å². The van der Waals surface area contributed by atoms with E-state index in [1.165, 1.54) is 18.3 Å². The number of aryl methyl sites for hydroxylation is 1. The van der Waals surface area contributed by atoms with Gasteiger partial charge >= 0.3 is 0 Å². The van der Waals surface area contributed by atoms with E-state index in [1.54, 1.807) is 4.90 Å². The van der Waals surface area contributed by atoms with Crippen molar-refractivity contribution in [3.05, 3.63) is 74.9 Å². The first kappa shape index (κ1) is 19.9. The lowest BCUT2D eigenvalue weighted by Crippen LogP contribution is -2.20. The molecule has 0 saturated heterocycles. The number of rotatable bonds is 6. The van der Waals surface area contributed by atoms with Gasteiger partial charge in [0, 0.05) is 30.2 Å². The third-order valence-corrected chi connectivity index (χ3v) is 4.04. The largest absolute Gasteiger partial charge is 0.347 e. The summed E-state index contributed by atoms with van der Waals surface area (Å²) >= 11 is 5.76. The van der Waals surface area contributed by atoms with Crippen LogP contribution in [0.2, 0.25) is 5.02 Å². The standard InChI is InChI=1S/C19H17ClN4O3/c1-3-23(16-6-4-5-13(2)9-16)12-14(11-21)19(25)22-15-7-8-17(20)18(10-15)24(26)27/h4-10,12H,3H2,1-2H3,(H,22,25)/b14-12-. The van der Waals surface area contributed by atoms with Crippen LogP contribution in [-0.4, -0.2) is 17.4 Å². The number of nitriles is 1. The van der Waals surface area contributed by atoms with E-state index in [1.807, 2.05) is 44.2 Å². The van der Waals surface area contributed by atoms with Crippen LogP contribution in [0.15, 0.2) is 54.2 Å². The van der Waals surface area contributed by atoms with E-state index in [2.05, 4.69) is 5.32 Å². The number of nitrogens with one attached hydrogen (secondary N) is 1. The molecule has 0 aliphatic rings. The Kier molecular flexibility index (Phi) is 6.52. The maximum absolute atomic E-state index is 12.4. The molecule has 2 rings (SSSR count). The molecular weight excluding hydrogens is 368 g/mol. The molecule has 0 unspecified atom stereocenters. The maximum atomic E-state index is 12.4. The van der Waals surface area contributed by atoms with Gasteiger partial charge in [-0.25, -0.2) is 0 Å². The molecule has 138 valence electrons. The lowest BCUT2D eigenvalue weighted by atomic mass is 10.2. The quantitative estimate of drug-likeness (QED) is 0.343. The minimum Gasteiger partial charge on any atom is -0.347 e. The zero-order valence-electron chi connectivity index (χ0n) is 14.8. The highest BCUT2D eigenvalue weighted by atomic mass is 35.5. The van der Waals surface area contributed by atoms with Gasteiger partial charge in [0.05, 0.1) is 4.92 Å². The maximum Gasteiger partial charge on any atom is 0.289 e. The lowest BCUT2D eigenvalue weighted by molar-refractivity contribution is -0.384. The van der Waals surface area contributed by atoms with E-state index in [0.29, 0.717) is 6.54 Å². The highest BCUT2D eigenvalue weighted by Gasteiger charge is 2.16. The van der Waals surface area contributed by atoms with Crippen LogP contribution in [0.1, 0.15) is 12.5 Å². The summed E-state index contributed by atoms with van der Waals surface area (Å²) in [6.07, 6.45) is 1.45. The number of nitrogens with zero attached hydrogens (tertiary/aromatic N) is 3. The summed E-state index contributed by atoms with van der Waals surface area (Å²) in [5.41, 5.74) is 1.62. The highest BCUT2D eigenvalue weighted by Crippen LogP contribution is 2.27. The molecule has 1 amide bonds. The Labute approximate surface area is 161 Å². The van der Waals surface area contributed by atoms with E-state index < -0.39 is 10.8 Å². The van der Waals surface area contributed by atoms with Gasteiger partial charge in [0.15, 0.2) is 0 Å². The lowest BCUT2D eigenvalue weighted by Gasteiger charge is -2.19. The number of hydrogen-bond donors (Lipinski definition) is 1. The summed E-state index contributed by atoms with van der Waals surface area (Å²) in [6.45, 7) is 4.40. The van der Waals surface area contributed by atoms with E-state index in [0.717, 1.165) is 17.3 Å². The Morgan fingerprint density at radius 3 is 2.70 bits per heavy atom. The fourth-order valence-corrected chi connectivity index (χ4v) is 2.56. The molecule has 0 heterocycles. The second-order valence-electron chi connectivity index (χ2n) is 5.66. The van der Waals surface area contributed by atoms with Gasteiger partial charge in [-0.15, -0.1) is 0 Å². The van der Waals surface area contributed by atoms with Crippen molar-refractivity contribution in [2.24, 2.45) is 0 Å². The molecule has 8 heteroatoms. The second kappa shape index (κ2) is 8.83. The number of carbonyl (C=O) groups excluding carboxylic acids is 1. The van der Waals surface area contributed by atoms with Crippen molar-refractivity contribution in [2.45, 2.75) is 13.8 Å². The van der Waals surface area contributed by atoms with Crippen molar-refractivity contribution in [2.75, 3.05) is 16.8 Å². The monoisotopic (exact) mass is 384 g/mol. The third-order valence-electron chi connectivity index (χ3n) is 3.72. The average Bonchev–Trinajstić information content (AvgIpc) is 2.64. The number of nitro groups is 1. The number of halogens is 1. The average molecular weight is 385 g/mol. The molecule has 0 fully saturated rings. The molecule has 27 heavy (non-hydrogen) atoms. The Morgan fingerprint density at radius 1 is 1.37 bits per heavy atom. The van der Waals surface area contributed by atoms with Crippen molar-refractivity contribution in [1.82, 2.24) is 0 Å². The molecule has 2 aromatic rings. The Morgan fingerprint density at radius 2 is 2.11 bits per heavy atom. The molecule has 1 N–H and O–H groups in total. The van der Waals surface area contributed by atoms with Gasteiger partial charge in [0.1, 0.15) is 16.7 Å². The SMILES string of the molecule is CCN(/C=C(/C#N)C(=O)Nc1ccc(Cl)c([N+](=O)[O-])c1)c1cccc(C)c1. The van der Waals surface area contributed by atoms with Crippen LogP contribution in [0, 0.1) is 28.4 Å². The molecule has 0 atom stereocenters. The van der Waals surface area contributed by atoms with Crippen molar-refractivity contribution >= 4 is 34.6 Å². The Balaban J connectivity index is 2.27. The zero-order valence-corrected chi connectivity index (χ0v) is 15.5. The van der Waals surface area contributed by atoms with Crippen molar-refractivity contribution in [3.63, 3.8) is 0 Å². The van der Waals surface area contributed by atoms with Crippen LogP contribution in [0.4, 0.5) is 17.1 Å². The van der Waals surface area contributed by atoms with Gasteiger partial charge in [-0.3, -0.25) is 14.9 Å². The fraction of sp³-hybridized carbons (Fsp3) is 0.158. The molecule has 0 bridgehead atoms. The number of hydrogen-bond acceptors (Lipinski definition) is 5. The topological polar surface area (TPSA) is 99.3 Å². The summed E-state index contributed by atoms with van der Waals surface area (Å²) in [4.78, 5) is 24.5. The second-order valence-corrected chi connectivity index (χ2v) is 6.06. The smallest absolute Gasteiger partial charge is 0.289 e. The minimum atomic E-state index is -0.666. The molecular formula is C19H17ClN4O3. The molecule has 0 aliphatic heterocycles. The number of amides is 1. The first-order valence-corrected chi connectivity index (χ1v) is 8.44. The van der Waals surface area contributed by atoms with Crippen LogP contribution < -0.4 is 10.2 Å². The predicted molar refractivity (Wildman–Crippen MR) is 105 cm³/mol. The van der Waals surface area contributed by atoms with E-state index in [9.17, 15) is 20.2 Å². The normalized spacial score (nSPS) is 10.8. The van der Waals surface area contributed by atoms with E-state index in [4.69, 9.17) is 11.6 Å². The fourth-order valence-electron chi connectivity index (χ4n) is 2.38. The van der Waals surface area contributed by atoms with Crippen molar-refractivity contribution in [1.29, 1.82) is 5.26 Å². The number of nitro benzene ring substituents is 1. The van der Waals surface area contributed by atoms with Crippen LogP contribution in [0.3, 0.4) is 0 Å². The predicted octanol–water partition coefficient (Wildman–Crippen LogP) is 4.43. The molecule has 0 aliphatic carbocycles. The van der Waals surface area contributed by atoms with Gasteiger partial charge in [-0.2, -0.15) is 5.26 Å². The van der Waals surface area contributed by atoms with Crippen LogP contribution in [0.5, 0.6) is 0 Å². The molecule has 0 saturated carbocycles. The highest BCUT2D eigenvalue weighted by molar-refractivity contribution is 6.32. The third kappa shape index (κ3) is 5.06. The molecule has 0 aromatic heterocycles. The summed E-state index contributed by atoms with van der Waals surface area (Å²) in [6, 6.07) is 13.4. The first-order chi connectivity index (χ1) is 12.8. The van der Waals surface area contributed by atoms with Gasteiger partial charge in [0.2, 0.25) is 0 Å². The van der Waals surface area contributed by atoms with Crippen molar-refractivity contribution in [3.8, 4) is 6.07 Å². The van der Waals surface area contributed by atoms with E-state index >= 15 is 0 Å². The van der Waals surface area contributed by atoms with Gasteiger partial charge in [-0.1, -0.05) is 23.7 Å². The van der Waals surface area contributed by atoms with Crippen molar-refractivity contribution < 1.29 is 9.72 Å². The van der Waals surface area contributed by atoms with Crippen LogP contribution in [0.25, 0.3) is 0 Å². The number of carbonyl (C=O) groups is 1. The molecule has 2 aromatic carbocycles. The molecule has 0 radical (unpaired) electrons. The Bertz CT molecular complexity index is 950. The summed E-state index contributed by atoms with van der Waals surface area (Å²) in [7, 11) is 0. The summed E-state index contributed by atoms with van der Waals surface area (Å²) < 4.78 is 0. The number of benzene rings is 2. The zero-order chi connectivity index (χ0) is 20.0. The summed E-state index contributed by atoms with van der Waals surface area (Å²) in [5.74, 6) is -0.666. The first-order valence-electron chi connectivity index (χ1n) is 8.06. The van der Waals surface area contributed by atoms with E-state index in [-0.39, 0.29) is 22.0 Å². The Hall–Kier alpha value is -3.37. The minimum absolute atomic E-state index is 0.0364. The summed E-state index contributed by atoms with van der Waals surface area (Å²) in [5, 5.41) is 22.8. The van der Waals surface area contributed by atoms with Gasteiger partial charge in [0.25, 0.3) is 11.6 Å². The molecule has 7 nitrogen and oxygen atoms in total. The van der Waals surface area contributed by atoms with Gasteiger partial charge < -0.3 is 10.2 Å².